The summed E-state index contributed by atoms with van der Waals surface area (Å²) in [6, 6.07) is 17.1. The van der Waals surface area contributed by atoms with E-state index in [0.29, 0.717) is 23.1 Å². The fraction of sp³-hybridized carbons (Fsp3) is 0.208. The van der Waals surface area contributed by atoms with Gasteiger partial charge in [0, 0.05) is 27.4 Å². The zero-order chi connectivity index (χ0) is 22.4. The van der Waals surface area contributed by atoms with Crippen LogP contribution < -0.4 is 20.1 Å². The summed E-state index contributed by atoms with van der Waals surface area (Å²) in [5.74, 6) is 0.782. The van der Waals surface area contributed by atoms with Gasteiger partial charge in [0.15, 0.2) is 18.1 Å². The van der Waals surface area contributed by atoms with E-state index in [4.69, 9.17) is 21.1 Å². The molecule has 0 aliphatic heterocycles. The molecule has 0 spiro atoms. The minimum absolute atomic E-state index is 0.129. The molecule has 5 nitrogen and oxygen atoms in total. The molecule has 0 unspecified atom stereocenters. The number of ether oxygens (including phenoxy) is 2. The summed E-state index contributed by atoms with van der Waals surface area (Å²) in [6.07, 6.45) is 0. The van der Waals surface area contributed by atoms with Gasteiger partial charge in [-0.15, -0.1) is 0 Å². The summed E-state index contributed by atoms with van der Waals surface area (Å²) in [4.78, 5) is 12.2. The van der Waals surface area contributed by atoms with Crippen LogP contribution in [0.25, 0.3) is 0 Å². The van der Waals surface area contributed by atoms with Crippen molar-refractivity contribution in [1.82, 2.24) is 0 Å². The van der Waals surface area contributed by atoms with Crippen molar-refractivity contribution in [1.29, 1.82) is 0 Å². The van der Waals surface area contributed by atoms with Gasteiger partial charge < -0.3 is 20.1 Å². The number of hydrogen-bond acceptors (Lipinski definition) is 4. The van der Waals surface area contributed by atoms with E-state index >= 15 is 0 Å². The smallest absolute Gasteiger partial charge is 0.262 e. The summed E-state index contributed by atoms with van der Waals surface area (Å²) in [6.45, 7) is 4.39. The lowest BCUT2D eigenvalue weighted by atomic mass is 10.2. The Hall–Kier alpha value is -2.70. The number of rotatable bonds is 8. The largest absolute Gasteiger partial charge is 0.493 e. The second kappa shape index (κ2) is 10.6. The highest BCUT2D eigenvalue weighted by molar-refractivity contribution is 9.10. The number of halogens is 2. The second-order valence-electron chi connectivity index (χ2n) is 7.11. The molecule has 3 aromatic carbocycles. The Morgan fingerprint density at radius 3 is 2.39 bits per heavy atom. The van der Waals surface area contributed by atoms with Gasteiger partial charge in [-0.3, -0.25) is 4.79 Å². The maximum absolute atomic E-state index is 12.2. The van der Waals surface area contributed by atoms with Gasteiger partial charge in [-0.05, 0) is 61.4 Å². The van der Waals surface area contributed by atoms with Crippen molar-refractivity contribution in [2.24, 2.45) is 0 Å². The number of amides is 1. The van der Waals surface area contributed by atoms with Gasteiger partial charge in [0.25, 0.3) is 5.91 Å². The lowest BCUT2D eigenvalue weighted by Gasteiger charge is -2.15. The third kappa shape index (κ3) is 6.39. The van der Waals surface area contributed by atoms with Crippen molar-refractivity contribution in [2.45, 2.75) is 20.4 Å². The lowest BCUT2D eigenvalue weighted by molar-refractivity contribution is -0.118. The van der Waals surface area contributed by atoms with E-state index in [0.717, 1.165) is 32.5 Å². The topological polar surface area (TPSA) is 59.6 Å². The Balaban J connectivity index is 1.63. The molecule has 3 rings (SSSR count). The van der Waals surface area contributed by atoms with Crippen LogP contribution in [0.15, 0.2) is 59.1 Å². The minimum Gasteiger partial charge on any atom is -0.493 e. The monoisotopic (exact) mass is 502 g/mol. The highest BCUT2D eigenvalue weighted by Crippen LogP contribution is 2.34. The Labute approximate surface area is 195 Å². The van der Waals surface area contributed by atoms with Crippen LogP contribution in [-0.4, -0.2) is 19.6 Å². The van der Waals surface area contributed by atoms with Crippen LogP contribution >= 0.6 is 27.5 Å². The number of carbonyl (C=O) groups excluding carboxylic acids is 1. The Bertz CT molecular complexity index is 1070. The van der Waals surface area contributed by atoms with E-state index < -0.39 is 0 Å². The van der Waals surface area contributed by atoms with Crippen LogP contribution in [0.3, 0.4) is 0 Å². The van der Waals surface area contributed by atoms with Crippen molar-refractivity contribution < 1.29 is 14.3 Å². The molecule has 0 aromatic heterocycles. The molecule has 0 saturated carbocycles. The molecule has 7 heteroatoms. The highest BCUT2D eigenvalue weighted by atomic mass is 79.9. The van der Waals surface area contributed by atoms with Crippen LogP contribution in [0.4, 0.5) is 11.4 Å². The molecule has 0 radical (unpaired) electrons. The van der Waals surface area contributed by atoms with Crippen molar-refractivity contribution in [3.8, 4) is 11.5 Å². The van der Waals surface area contributed by atoms with Gasteiger partial charge in [0.05, 0.1) is 7.11 Å². The molecule has 0 bridgehead atoms. The molecule has 0 aliphatic rings. The van der Waals surface area contributed by atoms with Crippen molar-refractivity contribution in [3.63, 3.8) is 0 Å². The van der Waals surface area contributed by atoms with Gasteiger partial charge >= 0.3 is 0 Å². The standard InChI is InChI=1S/C24H24BrClN2O3/c1-15-4-7-18(8-5-15)28-24(29)14-31-23-12-20(25)17(10-22(23)30-3)13-27-19-9-6-16(2)21(26)11-19/h4-12,27H,13-14H2,1-3H3,(H,28,29). The molecule has 3 aromatic rings. The summed E-state index contributed by atoms with van der Waals surface area (Å²) < 4.78 is 12.0. The third-order valence-electron chi connectivity index (χ3n) is 4.68. The maximum Gasteiger partial charge on any atom is 0.262 e. The molecule has 31 heavy (non-hydrogen) atoms. The number of aryl methyl sites for hydroxylation is 2. The van der Waals surface area contributed by atoms with Gasteiger partial charge in [-0.25, -0.2) is 0 Å². The van der Waals surface area contributed by atoms with Crippen LogP contribution in [-0.2, 0) is 11.3 Å². The number of hydrogen-bond donors (Lipinski definition) is 2. The van der Waals surface area contributed by atoms with Crippen LogP contribution in [0.2, 0.25) is 5.02 Å². The molecule has 162 valence electrons. The van der Waals surface area contributed by atoms with E-state index in [-0.39, 0.29) is 12.5 Å². The quantitative estimate of drug-likeness (QED) is 0.376. The first kappa shape index (κ1) is 23.0. The average Bonchev–Trinajstić information content (AvgIpc) is 2.75. The third-order valence-corrected chi connectivity index (χ3v) is 5.83. The molecule has 0 heterocycles. The Morgan fingerprint density at radius 1 is 1.00 bits per heavy atom. The van der Waals surface area contributed by atoms with Crippen LogP contribution in [0.1, 0.15) is 16.7 Å². The van der Waals surface area contributed by atoms with Gasteiger partial charge in [-0.1, -0.05) is 51.3 Å². The number of benzene rings is 3. The average molecular weight is 504 g/mol. The number of methoxy groups -OCH3 is 1. The Kier molecular flexibility index (Phi) is 7.82. The van der Waals surface area contributed by atoms with E-state index in [1.165, 1.54) is 0 Å². The molecule has 0 fully saturated rings. The first-order valence-corrected chi connectivity index (χ1v) is 10.9. The number of anilines is 2. The summed E-state index contributed by atoms with van der Waals surface area (Å²) >= 11 is 9.77. The van der Waals surface area contributed by atoms with Gasteiger partial charge in [0.1, 0.15) is 0 Å². The van der Waals surface area contributed by atoms with Crippen molar-refractivity contribution in [2.75, 3.05) is 24.4 Å². The molecule has 0 saturated heterocycles. The summed E-state index contributed by atoms with van der Waals surface area (Å²) in [7, 11) is 1.57. The van der Waals surface area contributed by atoms with Crippen LogP contribution in [0, 0.1) is 13.8 Å². The van der Waals surface area contributed by atoms with Crippen molar-refractivity contribution in [3.05, 3.63) is 80.8 Å². The Morgan fingerprint density at radius 2 is 1.71 bits per heavy atom. The zero-order valence-electron chi connectivity index (χ0n) is 17.6. The van der Waals surface area contributed by atoms with E-state index in [1.54, 1.807) is 13.2 Å². The van der Waals surface area contributed by atoms with Crippen LogP contribution in [0.5, 0.6) is 11.5 Å². The SMILES string of the molecule is COc1cc(CNc2ccc(C)c(Cl)c2)c(Br)cc1OCC(=O)Nc1ccc(C)cc1. The van der Waals surface area contributed by atoms with Crippen molar-refractivity contribution >= 4 is 44.8 Å². The fourth-order valence-corrected chi connectivity index (χ4v) is 3.51. The van der Waals surface area contributed by atoms with Gasteiger partial charge in [0.2, 0.25) is 0 Å². The first-order chi connectivity index (χ1) is 14.9. The van der Waals surface area contributed by atoms with E-state index in [2.05, 4.69) is 26.6 Å². The predicted molar refractivity (Wildman–Crippen MR) is 130 cm³/mol. The number of carbonyl (C=O) groups is 1. The second-order valence-corrected chi connectivity index (χ2v) is 8.38. The molecular weight excluding hydrogens is 480 g/mol. The molecule has 0 aliphatic carbocycles. The maximum atomic E-state index is 12.2. The molecule has 1 amide bonds. The van der Waals surface area contributed by atoms with E-state index in [9.17, 15) is 4.79 Å². The molecule has 2 N–H and O–H groups in total. The predicted octanol–water partition coefficient (Wildman–Crippen LogP) is 6.36. The summed E-state index contributed by atoms with van der Waals surface area (Å²) in [5, 5.41) is 6.88. The van der Waals surface area contributed by atoms with Gasteiger partial charge in [-0.2, -0.15) is 0 Å². The molecule has 0 atom stereocenters. The highest BCUT2D eigenvalue weighted by Gasteiger charge is 2.13. The molecular formula is C24H24BrClN2O3. The first-order valence-electron chi connectivity index (χ1n) is 9.71. The fourth-order valence-electron chi connectivity index (χ4n) is 2.86. The summed E-state index contributed by atoms with van der Waals surface area (Å²) in [5.41, 5.74) is 4.79. The zero-order valence-corrected chi connectivity index (χ0v) is 19.9. The minimum atomic E-state index is -0.246. The van der Waals surface area contributed by atoms with E-state index in [1.807, 2.05) is 62.4 Å². The number of nitrogens with one attached hydrogen (secondary N) is 2. The lowest BCUT2D eigenvalue weighted by Crippen LogP contribution is -2.20. The normalized spacial score (nSPS) is 10.5.